The molecule has 0 bridgehead atoms. The summed E-state index contributed by atoms with van der Waals surface area (Å²) in [5.74, 6) is -9.33. The van der Waals surface area contributed by atoms with E-state index in [4.69, 9.17) is 5.11 Å². The summed E-state index contributed by atoms with van der Waals surface area (Å²) in [5, 5.41) is 28.2. The predicted octanol–water partition coefficient (Wildman–Crippen LogP) is -3.69. The molecule has 1 unspecified atom stereocenters. The van der Waals surface area contributed by atoms with Crippen LogP contribution in [-0.4, -0.2) is 28.8 Å². The molecule has 0 fully saturated rings. The standard InChI is InChI=1S/C7H6O7/c8-4(7(13)14)2-1-3(5(9)10)6(11)12/h1-3H,(H,9,10)(H,11,12)(H,13,14)/p-2/b2-1+. The lowest BCUT2D eigenvalue weighted by Crippen LogP contribution is -2.35. The van der Waals surface area contributed by atoms with Crippen molar-refractivity contribution in [2.45, 2.75) is 0 Å². The Morgan fingerprint density at radius 2 is 1.64 bits per heavy atom. The van der Waals surface area contributed by atoms with Crippen molar-refractivity contribution >= 4 is 23.7 Å². The zero-order valence-corrected chi connectivity index (χ0v) is 6.63. The molecule has 0 aromatic carbocycles. The minimum absolute atomic E-state index is 0.296. The third kappa shape index (κ3) is 3.48. The fourth-order valence-corrected chi connectivity index (χ4v) is 0.513. The number of ketones is 1. The fraction of sp³-hybridized carbons (Fsp3) is 0.143. The maximum Gasteiger partial charge on any atom is 0.316 e. The van der Waals surface area contributed by atoms with Crippen LogP contribution in [0.2, 0.25) is 0 Å². The Labute approximate surface area is 77.3 Å². The molecule has 0 rings (SSSR count). The zero-order chi connectivity index (χ0) is 11.3. The first-order chi connectivity index (χ1) is 6.36. The second kappa shape index (κ2) is 4.75. The van der Waals surface area contributed by atoms with Gasteiger partial charge in [0.15, 0.2) is 0 Å². The van der Waals surface area contributed by atoms with Crippen molar-refractivity contribution in [3.8, 4) is 0 Å². The second-order valence-corrected chi connectivity index (χ2v) is 2.15. The van der Waals surface area contributed by atoms with E-state index in [0.717, 1.165) is 0 Å². The van der Waals surface area contributed by atoms with Gasteiger partial charge in [0, 0.05) is 0 Å². The molecule has 0 spiro atoms. The highest BCUT2D eigenvalue weighted by molar-refractivity contribution is 6.36. The van der Waals surface area contributed by atoms with Gasteiger partial charge in [0.2, 0.25) is 5.78 Å². The molecule has 14 heavy (non-hydrogen) atoms. The number of aliphatic carboxylic acids is 3. The van der Waals surface area contributed by atoms with E-state index in [1.54, 1.807) is 0 Å². The SMILES string of the molecule is O=C([O-])C(=O)/C=C/C(C(=O)[O-])C(=O)O. The summed E-state index contributed by atoms with van der Waals surface area (Å²) < 4.78 is 0. The van der Waals surface area contributed by atoms with Crippen molar-refractivity contribution in [3.63, 3.8) is 0 Å². The number of carbonyl (C=O) groups excluding carboxylic acids is 3. The number of rotatable bonds is 5. The first kappa shape index (κ1) is 11.8. The van der Waals surface area contributed by atoms with E-state index < -0.39 is 29.6 Å². The normalized spacial score (nSPS) is 12.3. The Hall–Kier alpha value is -2.18. The summed E-state index contributed by atoms with van der Waals surface area (Å²) in [6.45, 7) is 0. The van der Waals surface area contributed by atoms with Crippen molar-refractivity contribution in [2.75, 3.05) is 0 Å². The van der Waals surface area contributed by atoms with Crippen LogP contribution in [0.1, 0.15) is 0 Å². The van der Waals surface area contributed by atoms with Crippen LogP contribution in [-0.2, 0) is 19.2 Å². The molecule has 1 atom stereocenters. The third-order valence-electron chi connectivity index (χ3n) is 1.16. The van der Waals surface area contributed by atoms with Gasteiger partial charge >= 0.3 is 5.97 Å². The third-order valence-corrected chi connectivity index (χ3v) is 1.16. The molecule has 0 saturated heterocycles. The van der Waals surface area contributed by atoms with Crippen LogP contribution >= 0.6 is 0 Å². The highest BCUT2D eigenvalue weighted by Gasteiger charge is 2.15. The largest absolute Gasteiger partial charge is 0.549 e. The van der Waals surface area contributed by atoms with Gasteiger partial charge in [-0.2, -0.15) is 0 Å². The molecule has 76 valence electrons. The maximum atomic E-state index is 10.3. The molecule has 0 aliphatic rings. The van der Waals surface area contributed by atoms with Crippen LogP contribution < -0.4 is 10.2 Å². The molecular weight excluding hydrogens is 196 g/mol. The number of carboxylic acids is 3. The van der Waals surface area contributed by atoms with Gasteiger partial charge in [-0.1, -0.05) is 6.08 Å². The average Bonchev–Trinajstić information content (AvgIpc) is 2.02. The molecule has 0 radical (unpaired) electrons. The van der Waals surface area contributed by atoms with Crippen LogP contribution in [0.15, 0.2) is 12.2 Å². The van der Waals surface area contributed by atoms with Crippen molar-refractivity contribution < 1.29 is 34.5 Å². The molecule has 0 saturated carbocycles. The molecule has 0 aromatic rings. The van der Waals surface area contributed by atoms with Gasteiger partial charge in [-0.05, 0) is 6.08 Å². The molecule has 0 heterocycles. The van der Waals surface area contributed by atoms with E-state index in [2.05, 4.69) is 0 Å². The Morgan fingerprint density at radius 1 is 1.14 bits per heavy atom. The Bertz CT molecular complexity index is 300. The number of carbonyl (C=O) groups is 4. The highest BCUT2D eigenvalue weighted by Crippen LogP contribution is 1.97. The van der Waals surface area contributed by atoms with Gasteiger partial charge in [-0.25, -0.2) is 0 Å². The van der Waals surface area contributed by atoms with Gasteiger partial charge in [-0.15, -0.1) is 0 Å². The zero-order valence-electron chi connectivity index (χ0n) is 6.63. The van der Waals surface area contributed by atoms with Crippen molar-refractivity contribution in [1.29, 1.82) is 0 Å². The van der Waals surface area contributed by atoms with Crippen LogP contribution in [0, 0.1) is 5.92 Å². The smallest absolute Gasteiger partial charge is 0.316 e. The minimum atomic E-state index is -2.06. The molecular formula is C7H4O7-2. The van der Waals surface area contributed by atoms with E-state index in [0.29, 0.717) is 12.2 Å². The van der Waals surface area contributed by atoms with E-state index in [-0.39, 0.29) is 0 Å². The molecule has 0 aliphatic heterocycles. The highest BCUT2D eigenvalue weighted by atomic mass is 16.4. The quantitative estimate of drug-likeness (QED) is 0.274. The summed E-state index contributed by atoms with van der Waals surface area (Å²) in [4.78, 5) is 40.4. The summed E-state index contributed by atoms with van der Waals surface area (Å²) in [7, 11) is 0. The lowest BCUT2D eigenvalue weighted by Gasteiger charge is -2.07. The van der Waals surface area contributed by atoms with Crippen LogP contribution in [0.5, 0.6) is 0 Å². The number of carboxylic acid groups (broad SMARTS) is 3. The summed E-state index contributed by atoms with van der Waals surface area (Å²) >= 11 is 0. The molecule has 0 aliphatic carbocycles. The fourth-order valence-electron chi connectivity index (χ4n) is 0.513. The van der Waals surface area contributed by atoms with E-state index in [1.165, 1.54) is 0 Å². The van der Waals surface area contributed by atoms with Crippen LogP contribution in [0.4, 0.5) is 0 Å². The van der Waals surface area contributed by atoms with Crippen LogP contribution in [0.3, 0.4) is 0 Å². The first-order valence-corrected chi connectivity index (χ1v) is 3.23. The molecule has 0 aromatic heterocycles. The van der Waals surface area contributed by atoms with Gasteiger partial charge in [0.25, 0.3) is 0 Å². The van der Waals surface area contributed by atoms with Crippen molar-refractivity contribution in [2.24, 2.45) is 5.92 Å². The Balaban J connectivity index is 4.61. The predicted molar refractivity (Wildman–Crippen MR) is 35.3 cm³/mol. The number of hydrogen-bond donors (Lipinski definition) is 1. The van der Waals surface area contributed by atoms with E-state index >= 15 is 0 Å². The second-order valence-electron chi connectivity index (χ2n) is 2.15. The molecule has 0 amide bonds. The van der Waals surface area contributed by atoms with Gasteiger partial charge in [-0.3, -0.25) is 9.59 Å². The van der Waals surface area contributed by atoms with Gasteiger partial charge in [0.1, 0.15) is 11.9 Å². The average molecular weight is 200 g/mol. The Morgan fingerprint density at radius 3 is 1.93 bits per heavy atom. The number of hydrogen-bond acceptors (Lipinski definition) is 6. The van der Waals surface area contributed by atoms with E-state index in [1.807, 2.05) is 0 Å². The minimum Gasteiger partial charge on any atom is -0.549 e. The van der Waals surface area contributed by atoms with Crippen molar-refractivity contribution in [3.05, 3.63) is 12.2 Å². The molecule has 7 nitrogen and oxygen atoms in total. The van der Waals surface area contributed by atoms with E-state index in [9.17, 15) is 29.4 Å². The molecule has 7 heteroatoms. The molecule has 1 N–H and O–H groups in total. The van der Waals surface area contributed by atoms with Gasteiger partial charge in [0.05, 0.1) is 5.97 Å². The van der Waals surface area contributed by atoms with Gasteiger partial charge < -0.3 is 24.9 Å². The lowest BCUT2D eigenvalue weighted by molar-refractivity contribution is -0.309. The monoisotopic (exact) mass is 200 g/mol. The topological polar surface area (TPSA) is 135 Å². The lowest BCUT2D eigenvalue weighted by atomic mass is 10.1. The van der Waals surface area contributed by atoms with Crippen molar-refractivity contribution in [1.82, 2.24) is 0 Å². The summed E-state index contributed by atoms with van der Waals surface area (Å²) in [6, 6.07) is 0. The summed E-state index contributed by atoms with van der Waals surface area (Å²) in [5.41, 5.74) is 0. The Kier molecular flexibility index (Phi) is 4.01. The first-order valence-electron chi connectivity index (χ1n) is 3.23. The van der Waals surface area contributed by atoms with Crippen LogP contribution in [0.25, 0.3) is 0 Å². The maximum absolute atomic E-state index is 10.3. The summed E-state index contributed by atoms with van der Waals surface area (Å²) in [6.07, 6.45) is 0.694.